The fourth-order valence-corrected chi connectivity index (χ4v) is 2.49. The van der Waals surface area contributed by atoms with Crippen molar-refractivity contribution in [2.45, 2.75) is 12.4 Å². The molecule has 3 nitrogen and oxygen atoms in total. The lowest BCUT2D eigenvalue weighted by atomic mass is 10.1. The quantitative estimate of drug-likeness (QED) is 0.636. The van der Waals surface area contributed by atoms with Crippen LogP contribution in [0.15, 0.2) is 12.1 Å². The molecule has 0 aromatic heterocycles. The maximum atomic E-state index is 13.8. The average Bonchev–Trinajstić information content (AvgIpc) is 2.53. The van der Waals surface area contributed by atoms with Crippen molar-refractivity contribution < 1.29 is 27.2 Å². The number of hydrogen-bond acceptors (Lipinski definition) is 3. The number of ketones is 1. The Balaban J connectivity index is 2.25. The largest absolute Gasteiger partial charge is 0.441 e. The van der Waals surface area contributed by atoms with Crippen LogP contribution in [0.25, 0.3) is 0 Å². The second-order valence-electron chi connectivity index (χ2n) is 4.22. The van der Waals surface area contributed by atoms with Crippen molar-refractivity contribution in [3.8, 4) is 0 Å². The van der Waals surface area contributed by atoms with E-state index < -0.39 is 28.8 Å². The van der Waals surface area contributed by atoms with E-state index in [2.05, 4.69) is 0 Å². The molecule has 0 N–H and O–H groups in total. The van der Waals surface area contributed by atoms with E-state index in [4.69, 9.17) is 0 Å². The number of aryl methyl sites for hydroxylation is 1. The van der Waals surface area contributed by atoms with Gasteiger partial charge in [0.05, 0.1) is 11.3 Å². The molecule has 0 fully saturated rings. The molecule has 0 saturated carbocycles. The molecular formula is C12H9F4NO2S. The molecule has 0 unspecified atom stereocenters. The highest BCUT2D eigenvalue weighted by Gasteiger charge is 2.38. The Bertz CT molecular complexity index is 586. The van der Waals surface area contributed by atoms with Crippen molar-refractivity contribution in [1.29, 1.82) is 0 Å². The Hall–Kier alpha value is -1.57. The van der Waals surface area contributed by atoms with Crippen LogP contribution in [0.2, 0.25) is 0 Å². The number of benzene rings is 1. The zero-order valence-electron chi connectivity index (χ0n) is 10.3. The first-order chi connectivity index (χ1) is 9.20. The second-order valence-corrected chi connectivity index (χ2v) is 5.38. The Labute approximate surface area is 115 Å². The maximum absolute atomic E-state index is 13.8. The number of thioether (sulfide) groups is 1. The van der Waals surface area contributed by atoms with E-state index in [1.165, 1.54) is 6.07 Å². The summed E-state index contributed by atoms with van der Waals surface area (Å²) in [5, 5.41) is 0. The number of halogens is 4. The zero-order chi connectivity index (χ0) is 15.1. The highest BCUT2D eigenvalue weighted by atomic mass is 32.2. The van der Waals surface area contributed by atoms with Crippen molar-refractivity contribution in [3.63, 3.8) is 0 Å². The summed E-state index contributed by atoms with van der Waals surface area (Å²) in [5.74, 6) is -3.13. The monoisotopic (exact) mass is 307 g/mol. The number of rotatable bonds is 3. The minimum atomic E-state index is -4.43. The third-order valence-corrected chi connectivity index (χ3v) is 3.46. The van der Waals surface area contributed by atoms with Crippen LogP contribution < -0.4 is 4.90 Å². The first-order valence-corrected chi connectivity index (χ1v) is 6.56. The SMILES string of the molecule is Cc1cc(F)c2c(c1)C(=O)C(=O)N2CCSC(F)(F)F. The van der Waals surface area contributed by atoms with Gasteiger partial charge in [-0.05, 0) is 36.4 Å². The Morgan fingerprint density at radius 1 is 1.25 bits per heavy atom. The first-order valence-electron chi connectivity index (χ1n) is 5.58. The molecule has 2 rings (SSSR count). The lowest BCUT2D eigenvalue weighted by Crippen LogP contribution is -2.32. The van der Waals surface area contributed by atoms with Gasteiger partial charge in [0.2, 0.25) is 0 Å². The molecule has 0 atom stereocenters. The number of nitrogens with zero attached hydrogens (tertiary/aromatic N) is 1. The topological polar surface area (TPSA) is 37.4 Å². The van der Waals surface area contributed by atoms with Gasteiger partial charge in [-0.3, -0.25) is 9.59 Å². The van der Waals surface area contributed by atoms with Gasteiger partial charge in [-0.25, -0.2) is 4.39 Å². The molecule has 1 aliphatic heterocycles. The molecule has 0 saturated heterocycles. The minimum Gasteiger partial charge on any atom is -0.301 e. The van der Waals surface area contributed by atoms with Crippen molar-refractivity contribution in [2.75, 3.05) is 17.2 Å². The number of fused-ring (bicyclic) bond motifs is 1. The average molecular weight is 307 g/mol. The van der Waals surface area contributed by atoms with Crippen molar-refractivity contribution >= 4 is 29.1 Å². The summed E-state index contributed by atoms with van der Waals surface area (Å²) >= 11 is -0.320. The Kier molecular flexibility index (Phi) is 3.77. The van der Waals surface area contributed by atoms with Crippen molar-refractivity contribution in [1.82, 2.24) is 0 Å². The molecule has 1 aromatic carbocycles. The standard InChI is InChI=1S/C12H9F4NO2S/c1-6-4-7-9(8(13)5-6)17(11(19)10(7)18)2-3-20-12(14,15)16/h4-5H,2-3H2,1H3. The smallest absolute Gasteiger partial charge is 0.301 e. The molecule has 1 amide bonds. The summed E-state index contributed by atoms with van der Waals surface area (Å²) in [7, 11) is 0. The summed E-state index contributed by atoms with van der Waals surface area (Å²) in [6, 6.07) is 2.49. The minimum absolute atomic E-state index is 0.0930. The fraction of sp³-hybridized carbons (Fsp3) is 0.333. The molecular weight excluding hydrogens is 298 g/mol. The van der Waals surface area contributed by atoms with Gasteiger partial charge in [-0.15, -0.1) is 0 Å². The van der Waals surface area contributed by atoms with Crippen molar-refractivity contribution in [3.05, 3.63) is 29.1 Å². The van der Waals surface area contributed by atoms with E-state index in [0.29, 0.717) is 5.56 Å². The van der Waals surface area contributed by atoms with E-state index in [1.54, 1.807) is 6.92 Å². The van der Waals surface area contributed by atoms with E-state index >= 15 is 0 Å². The van der Waals surface area contributed by atoms with Gasteiger partial charge < -0.3 is 4.90 Å². The third-order valence-electron chi connectivity index (χ3n) is 2.74. The van der Waals surface area contributed by atoms with Crippen LogP contribution in [-0.4, -0.2) is 29.5 Å². The fourth-order valence-electron chi connectivity index (χ4n) is 1.99. The molecule has 1 aliphatic rings. The highest BCUT2D eigenvalue weighted by molar-refractivity contribution is 8.00. The van der Waals surface area contributed by atoms with Crippen LogP contribution >= 0.6 is 11.8 Å². The lowest BCUT2D eigenvalue weighted by molar-refractivity contribution is -0.114. The highest BCUT2D eigenvalue weighted by Crippen LogP contribution is 2.34. The summed E-state index contributed by atoms with van der Waals surface area (Å²) < 4.78 is 50.0. The second kappa shape index (κ2) is 5.08. The van der Waals surface area contributed by atoms with Crippen LogP contribution in [0.5, 0.6) is 0 Å². The molecule has 108 valence electrons. The number of hydrogen-bond donors (Lipinski definition) is 0. The molecule has 0 aliphatic carbocycles. The summed E-state index contributed by atoms with van der Waals surface area (Å²) in [6.45, 7) is 1.19. The Morgan fingerprint density at radius 3 is 2.50 bits per heavy atom. The molecule has 0 bridgehead atoms. The first kappa shape index (κ1) is 14.8. The van der Waals surface area contributed by atoms with E-state index in [9.17, 15) is 27.2 Å². The van der Waals surface area contributed by atoms with Gasteiger partial charge in [-0.1, -0.05) is 0 Å². The molecule has 1 aromatic rings. The van der Waals surface area contributed by atoms with Crippen LogP contribution in [0.4, 0.5) is 23.2 Å². The Morgan fingerprint density at radius 2 is 1.90 bits per heavy atom. The van der Waals surface area contributed by atoms with Crippen LogP contribution in [0.3, 0.4) is 0 Å². The van der Waals surface area contributed by atoms with Gasteiger partial charge in [-0.2, -0.15) is 13.2 Å². The van der Waals surface area contributed by atoms with Crippen LogP contribution in [-0.2, 0) is 4.79 Å². The predicted octanol–water partition coefficient (Wildman–Crippen LogP) is 2.92. The third kappa shape index (κ3) is 2.79. The van der Waals surface area contributed by atoms with Gasteiger partial charge in [0.15, 0.2) is 0 Å². The molecule has 1 heterocycles. The van der Waals surface area contributed by atoms with E-state index in [0.717, 1.165) is 11.0 Å². The van der Waals surface area contributed by atoms with Gasteiger partial charge in [0, 0.05) is 12.3 Å². The van der Waals surface area contributed by atoms with Gasteiger partial charge >= 0.3 is 5.51 Å². The lowest BCUT2D eigenvalue weighted by Gasteiger charge is -2.17. The number of carbonyl (C=O) groups excluding carboxylic acids is 2. The number of Topliss-reactive ketones (excluding diaryl/α,β-unsaturated/α-hetero) is 1. The molecule has 20 heavy (non-hydrogen) atoms. The number of carbonyl (C=O) groups is 2. The van der Waals surface area contributed by atoms with Crippen LogP contribution in [0.1, 0.15) is 15.9 Å². The maximum Gasteiger partial charge on any atom is 0.441 e. The summed E-state index contributed by atoms with van der Waals surface area (Å²) in [6.07, 6.45) is 0. The van der Waals surface area contributed by atoms with Crippen LogP contribution in [0, 0.1) is 12.7 Å². The normalized spacial score (nSPS) is 14.9. The van der Waals surface area contributed by atoms with Gasteiger partial charge in [0.1, 0.15) is 5.82 Å². The van der Waals surface area contributed by atoms with Gasteiger partial charge in [0.25, 0.3) is 11.7 Å². The number of amides is 1. The summed E-state index contributed by atoms with van der Waals surface area (Å²) in [5.41, 5.74) is -4.28. The molecule has 0 radical (unpaired) electrons. The number of anilines is 1. The summed E-state index contributed by atoms with van der Waals surface area (Å²) in [4.78, 5) is 24.2. The number of alkyl halides is 3. The molecule has 0 spiro atoms. The van der Waals surface area contributed by atoms with E-state index in [1.807, 2.05) is 0 Å². The van der Waals surface area contributed by atoms with Crippen molar-refractivity contribution in [2.24, 2.45) is 0 Å². The zero-order valence-corrected chi connectivity index (χ0v) is 11.1. The van der Waals surface area contributed by atoms with E-state index in [-0.39, 0.29) is 29.6 Å². The predicted molar refractivity (Wildman–Crippen MR) is 66.3 cm³/mol. The molecule has 8 heteroatoms.